The third-order valence-corrected chi connectivity index (χ3v) is 5.37. The molecule has 28 heavy (non-hydrogen) atoms. The zero-order chi connectivity index (χ0) is 19.5. The zero-order valence-corrected chi connectivity index (χ0v) is 16.2. The molecule has 0 radical (unpaired) electrons. The van der Waals surface area contributed by atoms with E-state index in [9.17, 15) is 9.59 Å². The summed E-state index contributed by atoms with van der Waals surface area (Å²) in [6.07, 6.45) is 0. The highest BCUT2D eigenvalue weighted by molar-refractivity contribution is 8.00. The van der Waals surface area contributed by atoms with E-state index >= 15 is 0 Å². The van der Waals surface area contributed by atoms with Crippen molar-refractivity contribution in [3.8, 4) is 11.5 Å². The lowest BCUT2D eigenvalue weighted by Gasteiger charge is -2.17. The van der Waals surface area contributed by atoms with Crippen molar-refractivity contribution in [2.45, 2.75) is 11.4 Å². The second kappa shape index (κ2) is 7.95. The van der Waals surface area contributed by atoms with Crippen molar-refractivity contribution in [1.82, 2.24) is 16.2 Å². The van der Waals surface area contributed by atoms with Gasteiger partial charge in [0, 0.05) is 17.0 Å². The van der Waals surface area contributed by atoms with E-state index in [0.29, 0.717) is 29.3 Å². The lowest BCUT2D eigenvalue weighted by Crippen LogP contribution is -2.46. The SMILES string of the molecule is O=C1CSc2ccc(C(=O)NNC(=S)NCc3ccc4c(c3)OCO4)cc2N1. The molecule has 10 heteroatoms. The van der Waals surface area contributed by atoms with Crippen LogP contribution in [-0.2, 0) is 11.3 Å². The number of hydrogen-bond acceptors (Lipinski definition) is 6. The van der Waals surface area contributed by atoms with Crippen LogP contribution < -0.4 is 31.0 Å². The number of rotatable bonds is 3. The summed E-state index contributed by atoms with van der Waals surface area (Å²) in [7, 11) is 0. The Kier molecular flexibility index (Phi) is 5.22. The summed E-state index contributed by atoms with van der Waals surface area (Å²) < 4.78 is 10.6. The van der Waals surface area contributed by atoms with E-state index in [1.165, 1.54) is 11.8 Å². The summed E-state index contributed by atoms with van der Waals surface area (Å²) in [5.41, 5.74) is 7.21. The molecule has 4 rings (SSSR count). The number of amides is 2. The van der Waals surface area contributed by atoms with Crippen LogP contribution in [0.3, 0.4) is 0 Å². The number of benzene rings is 2. The molecule has 2 aliphatic rings. The van der Waals surface area contributed by atoms with Crippen LogP contribution in [0.25, 0.3) is 0 Å². The highest BCUT2D eigenvalue weighted by atomic mass is 32.2. The molecule has 8 nitrogen and oxygen atoms in total. The predicted molar refractivity (Wildman–Crippen MR) is 108 cm³/mol. The van der Waals surface area contributed by atoms with Gasteiger partial charge in [-0.05, 0) is 48.1 Å². The largest absolute Gasteiger partial charge is 0.454 e. The fraction of sp³-hybridized carbons (Fsp3) is 0.167. The lowest BCUT2D eigenvalue weighted by molar-refractivity contribution is -0.113. The van der Waals surface area contributed by atoms with E-state index in [-0.39, 0.29) is 23.7 Å². The monoisotopic (exact) mass is 416 g/mol. The van der Waals surface area contributed by atoms with Gasteiger partial charge in [0.25, 0.3) is 5.91 Å². The smallest absolute Gasteiger partial charge is 0.269 e. The summed E-state index contributed by atoms with van der Waals surface area (Å²) in [6.45, 7) is 0.684. The van der Waals surface area contributed by atoms with Gasteiger partial charge < -0.3 is 20.1 Å². The maximum Gasteiger partial charge on any atom is 0.269 e. The molecular formula is C18H16N4O4S2. The molecule has 2 aromatic carbocycles. The highest BCUT2D eigenvalue weighted by Crippen LogP contribution is 2.33. The molecule has 2 aromatic rings. The second-order valence-corrected chi connectivity index (χ2v) is 7.42. The predicted octanol–water partition coefficient (Wildman–Crippen LogP) is 1.77. The Bertz CT molecular complexity index is 967. The van der Waals surface area contributed by atoms with Crippen LogP contribution in [0.4, 0.5) is 5.69 Å². The highest BCUT2D eigenvalue weighted by Gasteiger charge is 2.17. The Balaban J connectivity index is 1.28. The molecule has 2 aliphatic heterocycles. The Morgan fingerprint density at radius 2 is 2.00 bits per heavy atom. The summed E-state index contributed by atoms with van der Waals surface area (Å²) in [4.78, 5) is 24.7. The van der Waals surface area contributed by atoms with Gasteiger partial charge in [0.2, 0.25) is 12.7 Å². The van der Waals surface area contributed by atoms with Gasteiger partial charge in [0.05, 0.1) is 11.4 Å². The van der Waals surface area contributed by atoms with E-state index in [1.54, 1.807) is 12.1 Å². The molecule has 4 N–H and O–H groups in total. The van der Waals surface area contributed by atoms with E-state index < -0.39 is 0 Å². The van der Waals surface area contributed by atoms with Crippen LogP contribution in [0.2, 0.25) is 0 Å². The van der Waals surface area contributed by atoms with Crippen LogP contribution in [0.5, 0.6) is 11.5 Å². The number of ether oxygens (including phenoxy) is 2. The Morgan fingerprint density at radius 3 is 2.89 bits per heavy atom. The molecule has 0 fully saturated rings. The summed E-state index contributed by atoms with van der Waals surface area (Å²) in [5, 5.41) is 6.03. The maximum absolute atomic E-state index is 12.3. The van der Waals surface area contributed by atoms with Crippen LogP contribution in [0.1, 0.15) is 15.9 Å². The average molecular weight is 416 g/mol. The molecule has 0 unspecified atom stereocenters. The first-order valence-electron chi connectivity index (χ1n) is 8.38. The van der Waals surface area contributed by atoms with E-state index in [0.717, 1.165) is 16.2 Å². The molecule has 0 spiro atoms. The number of thiocarbonyl (C=S) groups is 1. The molecule has 0 aliphatic carbocycles. The van der Waals surface area contributed by atoms with Gasteiger partial charge >= 0.3 is 0 Å². The quantitative estimate of drug-likeness (QED) is 0.444. The lowest BCUT2D eigenvalue weighted by atomic mass is 10.2. The Hall–Kier alpha value is -2.98. The number of carbonyl (C=O) groups is 2. The van der Waals surface area contributed by atoms with Gasteiger partial charge in [-0.3, -0.25) is 20.4 Å². The van der Waals surface area contributed by atoms with Gasteiger partial charge in [0.1, 0.15) is 0 Å². The van der Waals surface area contributed by atoms with Crippen molar-refractivity contribution in [3.63, 3.8) is 0 Å². The van der Waals surface area contributed by atoms with Gasteiger partial charge in [-0.2, -0.15) is 0 Å². The molecule has 0 atom stereocenters. The van der Waals surface area contributed by atoms with Crippen molar-refractivity contribution >= 4 is 46.6 Å². The average Bonchev–Trinajstić information content (AvgIpc) is 3.17. The van der Waals surface area contributed by atoms with Crippen molar-refractivity contribution < 1.29 is 19.1 Å². The van der Waals surface area contributed by atoms with Crippen molar-refractivity contribution in [1.29, 1.82) is 0 Å². The van der Waals surface area contributed by atoms with E-state index in [4.69, 9.17) is 21.7 Å². The first-order chi connectivity index (χ1) is 13.6. The molecule has 2 amide bonds. The molecule has 2 heterocycles. The van der Waals surface area contributed by atoms with Crippen molar-refractivity contribution in [2.75, 3.05) is 17.9 Å². The van der Waals surface area contributed by atoms with Crippen LogP contribution in [0, 0.1) is 0 Å². The molecule has 0 bridgehead atoms. The minimum atomic E-state index is -0.361. The second-order valence-electron chi connectivity index (χ2n) is 6.00. The van der Waals surface area contributed by atoms with E-state index in [2.05, 4.69) is 21.5 Å². The number of hydrogen-bond donors (Lipinski definition) is 4. The number of thioether (sulfide) groups is 1. The Labute approximate surface area is 170 Å². The molecule has 0 saturated heterocycles. The maximum atomic E-state index is 12.3. The fourth-order valence-electron chi connectivity index (χ4n) is 2.69. The topological polar surface area (TPSA) is 101 Å². The van der Waals surface area contributed by atoms with Gasteiger partial charge in [-0.1, -0.05) is 6.07 Å². The minimum Gasteiger partial charge on any atom is -0.454 e. The zero-order valence-electron chi connectivity index (χ0n) is 14.5. The normalized spacial score (nSPS) is 13.9. The number of carbonyl (C=O) groups excluding carboxylic acids is 2. The molecule has 0 saturated carbocycles. The van der Waals surface area contributed by atoms with Crippen LogP contribution in [-0.4, -0.2) is 29.5 Å². The molecule has 0 aromatic heterocycles. The van der Waals surface area contributed by atoms with E-state index in [1.807, 2.05) is 24.3 Å². The number of hydrazine groups is 1. The third-order valence-electron chi connectivity index (χ3n) is 4.05. The Morgan fingerprint density at radius 1 is 1.14 bits per heavy atom. The van der Waals surface area contributed by atoms with Crippen LogP contribution in [0.15, 0.2) is 41.3 Å². The summed E-state index contributed by atoms with van der Waals surface area (Å²) in [6, 6.07) is 10.8. The first-order valence-corrected chi connectivity index (χ1v) is 9.77. The summed E-state index contributed by atoms with van der Waals surface area (Å²) in [5.74, 6) is 1.35. The number of anilines is 1. The minimum absolute atomic E-state index is 0.0814. The fourth-order valence-corrected chi connectivity index (χ4v) is 3.60. The van der Waals surface area contributed by atoms with Crippen molar-refractivity contribution in [2.24, 2.45) is 0 Å². The number of nitrogens with one attached hydrogen (secondary N) is 4. The molecule has 144 valence electrons. The summed E-state index contributed by atoms with van der Waals surface area (Å²) >= 11 is 6.62. The molecular weight excluding hydrogens is 400 g/mol. The van der Waals surface area contributed by atoms with Crippen molar-refractivity contribution in [3.05, 3.63) is 47.5 Å². The van der Waals surface area contributed by atoms with Crippen LogP contribution >= 0.6 is 24.0 Å². The van der Waals surface area contributed by atoms with Gasteiger partial charge in [-0.25, -0.2) is 0 Å². The third kappa shape index (κ3) is 4.12. The van der Waals surface area contributed by atoms with Gasteiger partial charge in [0.15, 0.2) is 16.6 Å². The van der Waals surface area contributed by atoms with Gasteiger partial charge in [-0.15, -0.1) is 11.8 Å². The number of fused-ring (bicyclic) bond motifs is 2. The first kappa shape index (κ1) is 18.4. The standard InChI is InChI=1S/C18H16N4O4S2/c23-16-8-28-15-4-2-11(6-12(15)20-16)17(24)21-22-18(27)19-7-10-1-3-13-14(5-10)26-9-25-13/h1-6H,7-9H2,(H,20,23)(H,21,24)(H2,19,22,27).